The monoisotopic (exact) mass is 351 g/mol. The average Bonchev–Trinajstić information content (AvgIpc) is 3.03. The predicted molar refractivity (Wildman–Crippen MR) is 98.4 cm³/mol. The van der Waals surface area contributed by atoms with Gasteiger partial charge >= 0.3 is 5.97 Å². The molecule has 1 aromatic heterocycles. The molecule has 1 N–H and O–H groups in total. The van der Waals surface area contributed by atoms with Crippen molar-refractivity contribution < 1.29 is 14.3 Å². The van der Waals surface area contributed by atoms with Gasteiger partial charge in [-0.25, -0.2) is 4.98 Å². The van der Waals surface area contributed by atoms with Crippen molar-refractivity contribution in [1.29, 1.82) is 0 Å². The molecule has 0 bridgehead atoms. The van der Waals surface area contributed by atoms with Gasteiger partial charge in [-0.3, -0.25) is 9.59 Å². The van der Waals surface area contributed by atoms with Gasteiger partial charge in [-0.15, -0.1) is 0 Å². The van der Waals surface area contributed by atoms with E-state index in [0.717, 1.165) is 16.6 Å². The van der Waals surface area contributed by atoms with Gasteiger partial charge in [0.25, 0.3) is 0 Å². The van der Waals surface area contributed by atoms with E-state index in [1.54, 1.807) is 4.57 Å². The first-order chi connectivity index (χ1) is 12.7. The van der Waals surface area contributed by atoms with Crippen LogP contribution in [-0.2, 0) is 33.8 Å². The first-order valence-electron chi connectivity index (χ1n) is 8.49. The molecule has 0 aliphatic heterocycles. The van der Waals surface area contributed by atoms with Gasteiger partial charge in [0.05, 0.1) is 24.7 Å². The van der Waals surface area contributed by atoms with Gasteiger partial charge in [0.15, 0.2) is 0 Å². The van der Waals surface area contributed by atoms with Crippen LogP contribution in [0, 0.1) is 0 Å². The average molecular weight is 351 g/mol. The Bertz CT molecular complexity index is 903. The second-order valence-corrected chi connectivity index (χ2v) is 5.94. The molecule has 0 fully saturated rings. The lowest BCUT2D eigenvalue weighted by atomic mass is 10.1. The van der Waals surface area contributed by atoms with E-state index in [4.69, 9.17) is 4.74 Å². The number of rotatable bonds is 7. The molecule has 0 saturated heterocycles. The van der Waals surface area contributed by atoms with Gasteiger partial charge in [-0.05, 0) is 24.1 Å². The van der Waals surface area contributed by atoms with Crippen LogP contribution in [-0.4, -0.2) is 28.5 Å². The molecular weight excluding hydrogens is 330 g/mol. The summed E-state index contributed by atoms with van der Waals surface area (Å²) in [6.07, 6.45) is 1.09. The van der Waals surface area contributed by atoms with Crippen LogP contribution in [0.25, 0.3) is 11.0 Å². The minimum absolute atomic E-state index is 0.0504. The summed E-state index contributed by atoms with van der Waals surface area (Å²) in [6, 6.07) is 17.4. The summed E-state index contributed by atoms with van der Waals surface area (Å²) in [5.41, 5.74) is 2.75. The maximum Gasteiger partial charge on any atom is 0.325 e. The van der Waals surface area contributed by atoms with Crippen LogP contribution in [0.1, 0.15) is 17.8 Å². The zero-order valence-corrected chi connectivity index (χ0v) is 14.6. The summed E-state index contributed by atoms with van der Waals surface area (Å²) < 4.78 is 6.54. The number of carbonyl (C=O) groups excluding carboxylic acids is 2. The van der Waals surface area contributed by atoms with E-state index in [-0.39, 0.29) is 25.0 Å². The SMILES string of the molecule is COC(=O)Cn1c(CNC(=O)CCc2ccccc2)nc2ccccc21. The number of esters is 1. The highest BCUT2D eigenvalue weighted by molar-refractivity contribution is 5.79. The van der Waals surface area contributed by atoms with Crippen LogP contribution >= 0.6 is 0 Å². The summed E-state index contributed by atoms with van der Waals surface area (Å²) in [4.78, 5) is 28.4. The van der Waals surface area contributed by atoms with Crippen molar-refractivity contribution in [1.82, 2.24) is 14.9 Å². The number of nitrogens with one attached hydrogen (secondary N) is 1. The number of nitrogens with zero attached hydrogens (tertiary/aromatic N) is 2. The lowest BCUT2D eigenvalue weighted by Crippen LogP contribution is -2.25. The highest BCUT2D eigenvalue weighted by Crippen LogP contribution is 2.16. The molecule has 1 heterocycles. The lowest BCUT2D eigenvalue weighted by Gasteiger charge is -2.09. The molecule has 0 radical (unpaired) electrons. The number of ether oxygens (including phenoxy) is 1. The Hall–Kier alpha value is -3.15. The highest BCUT2D eigenvalue weighted by Gasteiger charge is 2.14. The Morgan fingerprint density at radius 2 is 1.81 bits per heavy atom. The summed E-state index contributed by atoms with van der Waals surface area (Å²) >= 11 is 0. The maximum absolute atomic E-state index is 12.2. The number of benzene rings is 2. The number of aryl methyl sites for hydroxylation is 1. The molecule has 6 heteroatoms. The lowest BCUT2D eigenvalue weighted by molar-refractivity contribution is -0.141. The molecule has 0 aliphatic carbocycles. The molecule has 6 nitrogen and oxygen atoms in total. The Balaban J connectivity index is 1.67. The van der Waals surface area contributed by atoms with Crippen LogP contribution in [0.5, 0.6) is 0 Å². The molecule has 0 aliphatic rings. The molecule has 3 rings (SSSR count). The topological polar surface area (TPSA) is 73.2 Å². The molecule has 134 valence electrons. The number of imidazole rings is 1. The molecule has 1 amide bonds. The van der Waals surface area contributed by atoms with E-state index < -0.39 is 0 Å². The van der Waals surface area contributed by atoms with Crippen molar-refractivity contribution >= 4 is 22.9 Å². The second kappa shape index (κ2) is 8.29. The smallest absolute Gasteiger partial charge is 0.325 e. The Morgan fingerprint density at radius 1 is 1.08 bits per heavy atom. The third-order valence-corrected chi connectivity index (χ3v) is 4.18. The fraction of sp³-hybridized carbons (Fsp3) is 0.250. The van der Waals surface area contributed by atoms with Gasteiger partial charge in [-0.2, -0.15) is 0 Å². The van der Waals surface area contributed by atoms with Crippen LogP contribution in [0.3, 0.4) is 0 Å². The summed E-state index contributed by atoms with van der Waals surface area (Å²) in [5.74, 6) is 0.222. The minimum Gasteiger partial charge on any atom is -0.468 e. The fourth-order valence-electron chi connectivity index (χ4n) is 2.80. The third-order valence-electron chi connectivity index (χ3n) is 4.18. The molecule has 2 aromatic carbocycles. The molecule has 0 spiro atoms. The van der Waals surface area contributed by atoms with Crippen molar-refractivity contribution in [2.75, 3.05) is 7.11 Å². The predicted octanol–water partition coefficient (Wildman–Crippen LogP) is 2.46. The normalized spacial score (nSPS) is 10.7. The molecule has 0 saturated carbocycles. The van der Waals surface area contributed by atoms with Crippen LogP contribution < -0.4 is 5.32 Å². The van der Waals surface area contributed by atoms with Crippen molar-refractivity contribution in [3.63, 3.8) is 0 Å². The molecule has 26 heavy (non-hydrogen) atoms. The minimum atomic E-state index is -0.357. The van der Waals surface area contributed by atoms with Crippen LogP contribution in [0.2, 0.25) is 0 Å². The van der Waals surface area contributed by atoms with E-state index in [1.807, 2.05) is 54.6 Å². The largest absolute Gasteiger partial charge is 0.468 e. The Kier molecular flexibility index (Phi) is 5.63. The van der Waals surface area contributed by atoms with Gasteiger partial charge < -0.3 is 14.6 Å². The Morgan fingerprint density at radius 3 is 2.58 bits per heavy atom. The van der Waals surface area contributed by atoms with Gasteiger partial charge in [0, 0.05) is 6.42 Å². The van der Waals surface area contributed by atoms with Crippen molar-refractivity contribution in [2.45, 2.75) is 25.9 Å². The van der Waals surface area contributed by atoms with Crippen molar-refractivity contribution in [2.24, 2.45) is 0 Å². The number of aromatic nitrogens is 2. The van der Waals surface area contributed by atoms with Gasteiger partial charge in [0.2, 0.25) is 5.91 Å². The fourth-order valence-corrected chi connectivity index (χ4v) is 2.80. The van der Waals surface area contributed by atoms with Crippen molar-refractivity contribution in [3.05, 3.63) is 66.0 Å². The first kappa shape index (κ1) is 17.7. The quantitative estimate of drug-likeness (QED) is 0.664. The number of hydrogen-bond acceptors (Lipinski definition) is 4. The highest BCUT2D eigenvalue weighted by atomic mass is 16.5. The number of carbonyl (C=O) groups is 2. The molecule has 0 unspecified atom stereocenters. The summed E-state index contributed by atoms with van der Waals surface area (Å²) in [7, 11) is 1.35. The van der Waals surface area contributed by atoms with E-state index >= 15 is 0 Å². The zero-order chi connectivity index (χ0) is 18.4. The van der Waals surface area contributed by atoms with Crippen LogP contribution in [0.4, 0.5) is 0 Å². The van der Waals surface area contributed by atoms with E-state index in [1.165, 1.54) is 7.11 Å². The van der Waals surface area contributed by atoms with Gasteiger partial charge in [-0.1, -0.05) is 42.5 Å². The standard InChI is InChI=1S/C20H21N3O3/c1-26-20(25)14-23-17-10-6-5-9-16(17)22-18(23)13-21-19(24)12-11-15-7-3-2-4-8-15/h2-10H,11-14H2,1H3,(H,21,24). The number of amides is 1. The summed E-state index contributed by atoms with van der Waals surface area (Å²) in [6.45, 7) is 0.325. The van der Waals surface area contributed by atoms with E-state index in [0.29, 0.717) is 18.7 Å². The summed E-state index contributed by atoms with van der Waals surface area (Å²) in [5, 5.41) is 2.89. The zero-order valence-electron chi connectivity index (χ0n) is 14.6. The van der Waals surface area contributed by atoms with Crippen LogP contribution in [0.15, 0.2) is 54.6 Å². The van der Waals surface area contributed by atoms with E-state index in [2.05, 4.69) is 10.3 Å². The van der Waals surface area contributed by atoms with Gasteiger partial charge in [0.1, 0.15) is 12.4 Å². The first-order valence-corrected chi connectivity index (χ1v) is 8.49. The second-order valence-electron chi connectivity index (χ2n) is 5.94. The number of methoxy groups -OCH3 is 1. The number of fused-ring (bicyclic) bond motifs is 1. The van der Waals surface area contributed by atoms with E-state index in [9.17, 15) is 9.59 Å². The third kappa shape index (κ3) is 4.27. The maximum atomic E-state index is 12.2. The molecule has 3 aromatic rings. The number of hydrogen-bond donors (Lipinski definition) is 1. The molecule has 0 atom stereocenters. The Labute approximate surface area is 151 Å². The number of para-hydroxylation sites is 2. The van der Waals surface area contributed by atoms with Crippen molar-refractivity contribution in [3.8, 4) is 0 Å². The molecular formula is C20H21N3O3.